The molecule has 0 aromatic heterocycles. The topological polar surface area (TPSA) is 86.8 Å². The Morgan fingerprint density at radius 3 is 2.41 bits per heavy atom. The van der Waals surface area contributed by atoms with Crippen molar-refractivity contribution in [2.75, 3.05) is 23.7 Å². The number of halogens is 1. The molecule has 0 saturated carbocycles. The molecule has 1 N–H and O–H groups in total. The lowest BCUT2D eigenvalue weighted by Gasteiger charge is -2.31. The van der Waals surface area contributed by atoms with Crippen LogP contribution in [0.5, 0.6) is 0 Å². The molecule has 0 radical (unpaired) electrons. The van der Waals surface area contributed by atoms with E-state index in [1.54, 1.807) is 31.2 Å². The van der Waals surface area contributed by atoms with Crippen LogP contribution in [0.15, 0.2) is 53.0 Å². The minimum atomic E-state index is -3.75. The van der Waals surface area contributed by atoms with Gasteiger partial charge in [0.15, 0.2) is 0 Å². The molecule has 0 aliphatic heterocycles. The molecule has 1 unspecified atom stereocenters. The second-order valence-corrected chi connectivity index (χ2v) is 10.5. The quantitative estimate of drug-likeness (QED) is 0.516. The maximum absolute atomic E-state index is 13.4. The zero-order valence-corrected chi connectivity index (χ0v) is 21.2. The predicted octanol–water partition coefficient (Wildman–Crippen LogP) is 3.47. The fourth-order valence-electron chi connectivity index (χ4n) is 3.23. The lowest BCUT2D eigenvalue weighted by Crippen LogP contribution is -2.51. The van der Waals surface area contributed by atoms with Crippen molar-refractivity contribution in [1.82, 2.24) is 10.2 Å². The highest BCUT2D eigenvalue weighted by molar-refractivity contribution is 9.10. The van der Waals surface area contributed by atoms with Crippen molar-refractivity contribution in [1.29, 1.82) is 0 Å². The van der Waals surface area contributed by atoms with E-state index in [4.69, 9.17) is 0 Å². The number of hydrogen-bond acceptors (Lipinski definition) is 4. The normalized spacial score (nSPS) is 12.2. The van der Waals surface area contributed by atoms with Gasteiger partial charge >= 0.3 is 0 Å². The van der Waals surface area contributed by atoms with Gasteiger partial charge in [0.2, 0.25) is 21.8 Å². The zero-order valence-electron chi connectivity index (χ0n) is 18.8. The zero-order chi connectivity index (χ0) is 23.9. The number of benzene rings is 2. The first kappa shape index (κ1) is 25.9. The van der Waals surface area contributed by atoms with Crippen LogP contribution in [0, 0.1) is 6.92 Å². The Morgan fingerprint density at radius 1 is 1.12 bits per heavy atom. The van der Waals surface area contributed by atoms with Gasteiger partial charge in [-0.05, 0) is 53.9 Å². The third-order valence-electron chi connectivity index (χ3n) is 4.95. The Morgan fingerprint density at radius 2 is 1.81 bits per heavy atom. The van der Waals surface area contributed by atoms with Crippen molar-refractivity contribution in [3.05, 3.63) is 64.1 Å². The number of carbonyl (C=O) groups is 2. The maximum atomic E-state index is 13.4. The Hall–Kier alpha value is -2.39. The van der Waals surface area contributed by atoms with E-state index >= 15 is 0 Å². The van der Waals surface area contributed by atoms with Crippen molar-refractivity contribution in [2.24, 2.45) is 0 Å². The number of rotatable bonds is 10. The first-order valence-corrected chi connectivity index (χ1v) is 13.0. The molecule has 2 amide bonds. The third kappa shape index (κ3) is 7.06. The molecule has 1 atom stereocenters. The van der Waals surface area contributed by atoms with Crippen LogP contribution in [-0.2, 0) is 26.2 Å². The van der Waals surface area contributed by atoms with Crippen LogP contribution in [0.2, 0.25) is 0 Å². The fourth-order valence-corrected chi connectivity index (χ4v) is 4.71. The summed E-state index contributed by atoms with van der Waals surface area (Å²) >= 11 is 3.36. The Balaban J connectivity index is 2.38. The molecule has 7 nitrogen and oxygen atoms in total. The summed E-state index contributed by atoms with van der Waals surface area (Å²) in [4.78, 5) is 27.5. The van der Waals surface area contributed by atoms with Crippen LogP contribution >= 0.6 is 15.9 Å². The molecule has 0 fully saturated rings. The molecular weight excluding hydrogens is 494 g/mol. The average molecular weight is 524 g/mol. The third-order valence-corrected chi connectivity index (χ3v) is 6.75. The molecule has 174 valence electrons. The number of nitrogens with zero attached hydrogens (tertiary/aromatic N) is 2. The van der Waals surface area contributed by atoms with Gasteiger partial charge in [-0.2, -0.15) is 0 Å². The average Bonchev–Trinajstić information content (AvgIpc) is 2.73. The van der Waals surface area contributed by atoms with E-state index in [1.165, 1.54) is 4.90 Å². The monoisotopic (exact) mass is 523 g/mol. The van der Waals surface area contributed by atoms with Gasteiger partial charge in [-0.3, -0.25) is 13.9 Å². The number of aryl methyl sites for hydroxylation is 1. The number of nitrogens with one attached hydrogen (secondary N) is 1. The number of carbonyl (C=O) groups excluding carboxylic acids is 2. The first-order valence-electron chi connectivity index (χ1n) is 10.4. The smallest absolute Gasteiger partial charge is 0.244 e. The summed E-state index contributed by atoms with van der Waals surface area (Å²) in [5.41, 5.74) is 2.26. The Kier molecular flexibility index (Phi) is 9.27. The highest BCUT2D eigenvalue weighted by Gasteiger charge is 2.30. The van der Waals surface area contributed by atoms with Gasteiger partial charge < -0.3 is 10.2 Å². The Bertz CT molecular complexity index is 1060. The van der Waals surface area contributed by atoms with Gasteiger partial charge in [-0.25, -0.2) is 8.42 Å². The summed E-state index contributed by atoms with van der Waals surface area (Å²) in [6.45, 7) is 5.82. The minimum absolute atomic E-state index is 0.189. The van der Waals surface area contributed by atoms with Gasteiger partial charge in [0.25, 0.3) is 0 Å². The van der Waals surface area contributed by atoms with E-state index in [0.29, 0.717) is 16.7 Å². The van der Waals surface area contributed by atoms with Gasteiger partial charge in [0.1, 0.15) is 12.6 Å². The van der Waals surface area contributed by atoms with Crippen LogP contribution in [0.1, 0.15) is 31.4 Å². The summed E-state index contributed by atoms with van der Waals surface area (Å²) in [7, 11) is -3.75. The van der Waals surface area contributed by atoms with E-state index in [-0.39, 0.29) is 12.5 Å². The molecule has 0 aliphatic rings. The molecule has 0 saturated heterocycles. The lowest BCUT2D eigenvalue weighted by atomic mass is 10.1. The van der Waals surface area contributed by atoms with Crippen molar-refractivity contribution < 1.29 is 18.0 Å². The molecule has 0 aliphatic carbocycles. The molecule has 2 aromatic rings. The van der Waals surface area contributed by atoms with Crippen LogP contribution in [0.25, 0.3) is 0 Å². The Labute approximate surface area is 199 Å². The molecule has 2 rings (SSSR count). The second-order valence-electron chi connectivity index (χ2n) is 7.70. The van der Waals surface area contributed by atoms with Gasteiger partial charge in [0.05, 0.1) is 11.9 Å². The summed E-state index contributed by atoms with van der Waals surface area (Å²) in [6, 6.07) is 13.7. The number of amides is 2. The number of para-hydroxylation sites is 1. The molecule has 0 spiro atoms. The second kappa shape index (κ2) is 11.5. The highest BCUT2D eigenvalue weighted by Crippen LogP contribution is 2.28. The lowest BCUT2D eigenvalue weighted by molar-refractivity contribution is -0.139. The van der Waals surface area contributed by atoms with Gasteiger partial charge in [0, 0.05) is 17.6 Å². The maximum Gasteiger partial charge on any atom is 0.244 e. The van der Waals surface area contributed by atoms with E-state index in [0.717, 1.165) is 28.1 Å². The molecule has 32 heavy (non-hydrogen) atoms. The highest BCUT2D eigenvalue weighted by atomic mass is 79.9. The van der Waals surface area contributed by atoms with Crippen molar-refractivity contribution in [3.63, 3.8) is 0 Å². The van der Waals surface area contributed by atoms with Gasteiger partial charge in [-0.15, -0.1) is 0 Å². The van der Waals surface area contributed by atoms with Crippen LogP contribution in [0.3, 0.4) is 0 Å². The standard InChI is InChI=1S/C23H30BrN3O4S/c1-5-13-25-23(29)18(3)26(15-19-10-8-9-17(2)14-19)22(28)16-27(32(4,30)31)21-12-7-6-11-20(21)24/h6-12,14,18H,5,13,15-16H2,1-4H3,(H,25,29). The summed E-state index contributed by atoms with van der Waals surface area (Å²) in [5.74, 6) is -0.744. The van der Waals surface area contributed by atoms with Crippen LogP contribution in [-0.4, -0.2) is 50.5 Å². The fraction of sp³-hybridized carbons (Fsp3) is 0.391. The van der Waals surface area contributed by atoms with Crippen LogP contribution in [0.4, 0.5) is 5.69 Å². The molecular formula is C23H30BrN3O4S. The van der Waals surface area contributed by atoms with Crippen molar-refractivity contribution in [3.8, 4) is 0 Å². The predicted molar refractivity (Wildman–Crippen MR) is 131 cm³/mol. The first-order chi connectivity index (χ1) is 15.0. The van der Waals surface area contributed by atoms with Crippen molar-refractivity contribution >= 4 is 43.5 Å². The summed E-state index contributed by atoms with van der Waals surface area (Å²) in [5, 5.41) is 2.82. The molecule has 9 heteroatoms. The van der Waals surface area contributed by atoms with E-state index < -0.39 is 28.5 Å². The molecule has 0 heterocycles. The van der Waals surface area contributed by atoms with Crippen molar-refractivity contribution in [2.45, 2.75) is 39.8 Å². The molecule has 0 bridgehead atoms. The van der Waals surface area contributed by atoms with E-state index in [2.05, 4.69) is 21.2 Å². The number of sulfonamides is 1. The van der Waals surface area contributed by atoms with E-state index in [9.17, 15) is 18.0 Å². The SMILES string of the molecule is CCCNC(=O)C(C)N(Cc1cccc(C)c1)C(=O)CN(c1ccccc1Br)S(C)(=O)=O. The summed E-state index contributed by atoms with van der Waals surface area (Å²) < 4.78 is 26.7. The largest absolute Gasteiger partial charge is 0.354 e. The molecule has 2 aromatic carbocycles. The van der Waals surface area contributed by atoms with Crippen LogP contribution < -0.4 is 9.62 Å². The van der Waals surface area contributed by atoms with E-state index in [1.807, 2.05) is 38.1 Å². The summed E-state index contributed by atoms with van der Waals surface area (Å²) in [6.07, 6.45) is 1.83. The van der Waals surface area contributed by atoms with Gasteiger partial charge in [-0.1, -0.05) is 48.9 Å². The number of anilines is 1. The minimum Gasteiger partial charge on any atom is -0.354 e. The number of hydrogen-bond donors (Lipinski definition) is 1.